The second-order valence-electron chi connectivity index (χ2n) is 3.93. The summed E-state index contributed by atoms with van der Waals surface area (Å²) in [7, 11) is 0. The van der Waals surface area contributed by atoms with Crippen molar-refractivity contribution in [3.8, 4) is 0 Å². The van der Waals surface area contributed by atoms with Crippen molar-refractivity contribution < 1.29 is 0 Å². The molecule has 0 unspecified atom stereocenters. The first-order valence-corrected chi connectivity index (χ1v) is 6.71. The van der Waals surface area contributed by atoms with Gasteiger partial charge in [0.25, 0.3) is 0 Å². The van der Waals surface area contributed by atoms with E-state index in [9.17, 15) is 0 Å². The van der Waals surface area contributed by atoms with Crippen LogP contribution in [0, 0.1) is 0 Å². The van der Waals surface area contributed by atoms with Crippen LogP contribution < -0.4 is 5.32 Å². The average molecular weight is 222 g/mol. The number of nitrogens with zero attached hydrogens (tertiary/aromatic N) is 1. The highest BCUT2D eigenvalue weighted by atomic mass is 32.2. The maximum Gasteiger partial charge on any atom is 0.0300 e. The fourth-order valence-electron chi connectivity index (χ4n) is 1.85. The highest BCUT2D eigenvalue weighted by molar-refractivity contribution is 7.99. The van der Waals surface area contributed by atoms with Gasteiger partial charge in [0.05, 0.1) is 0 Å². The van der Waals surface area contributed by atoms with Crippen LogP contribution in [0.4, 0.5) is 0 Å². The molecular formula is C12H18N2S. The topological polar surface area (TPSA) is 24.9 Å². The van der Waals surface area contributed by atoms with Crippen molar-refractivity contribution in [2.24, 2.45) is 0 Å². The molecule has 15 heavy (non-hydrogen) atoms. The smallest absolute Gasteiger partial charge is 0.0300 e. The van der Waals surface area contributed by atoms with Gasteiger partial charge in [0, 0.05) is 17.6 Å². The molecule has 82 valence electrons. The molecule has 1 fully saturated rings. The molecule has 0 atom stereocenters. The molecule has 0 aliphatic carbocycles. The van der Waals surface area contributed by atoms with E-state index >= 15 is 0 Å². The maximum atomic E-state index is 4.13. The Morgan fingerprint density at radius 2 is 2.27 bits per heavy atom. The van der Waals surface area contributed by atoms with Gasteiger partial charge in [0.2, 0.25) is 0 Å². The molecule has 0 spiro atoms. The van der Waals surface area contributed by atoms with E-state index in [0.717, 1.165) is 11.7 Å². The van der Waals surface area contributed by atoms with Crippen molar-refractivity contribution in [3.05, 3.63) is 30.1 Å². The number of thioether (sulfide) groups is 1. The third-order valence-corrected chi connectivity index (χ3v) is 4.14. The number of rotatable bonds is 4. The number of hydrogen-bond acceptors (Lipinski definition) is 3. The molecule has 3 heteroatoms. The van der Waals surface area contributed by atoms with Crippen molar-refractivity contribution in [2.75, 3.05) is 18.8 Å². The van der Waals surface area contributed by atoms with Crippen LogP contribution in [0.1, 0.15) is 18.4 Å². The second kappa shape index (κ2) is 6.13. The quantitative estimate of drug-likeness (QED) is 0.844. The van der Waals surface area contributed by atoms with E-state index in [4.69, 9.17) is 0 Å². The Kier molecular flexibility index (Phi) is 4.48. The van der Waals surface area contributed by atoms with Crippen molar-refractivity contribution in [3.63, 3.8) is 0 Å². The van der Waals surface area contributed by atoms with E-state index in [1.54, 1.807) is 0 Å². The molecule has 1 aliphatic heterocycles. The zero-order chi connectivity index (χ0) is 10.3. The first-order valence-electron chi connectivity index (χ1n) is 5.66. The van der Waals surface area contributed by atoms with E-state index in [2.05, 4.69) is 28.1 Å². The molecule has 1 aliphatic rings. The molecule has 0 radical (unpaired) electrons. The standard InChI is InChI=1S/C12H18N2S/c1-2-11(10-14-6-1)5-9-15-12-3-7-13-8-4-12/h1-2,6,10,12-13H,3-5,7-9H2. The largest absolute Gasteiger partial charge is 0.317 e. The maximum absolute atomic E-state index is 4.13. The van der Waals surface area contributed by atoms with E-state index < -0.39 is 0 Å². The monoisotopic (exact) mass is 222 g/mol. The van der Waals surface area contributed by atoms with Crippen LogP contribution in [0.15, 0.2) is 24.5 Å². The summed E-state index contributed by atoms with van der Waals surface area (Å²) >= 11 is 2.12. The summed E-state index contributed by atoms with van der Waals surface area (Å²) in [5.74, 6) is 1.23. The summed E-state index contributed by atoms with van der Waals surface area (Å²) in [5, 5.41) is 4.28. The van der Waals surface area contributed by atoms with Crippen molar-refractivity contribution in [2.45, 2.75) is 24.5 Å². The Bertz CT molecular complexity index is 270. The van der Waals surface area contributed by atoms with Gasteiger partial charge in [0.1, 0.15) is 0 Å². The summed E-state index contributed by atoms with van der Waals surface area (Å²) in [6, 6.07) is 4.18. The minimum Gasteiger partial charge on any atom is -0.317 e. The SMILES string of the molecule is c1cncc(CCSC2CCNCC2)c1. The van der Waals surface area contributed by atoms with Gasteiger partial charge in [-0.15, -0.1) is 0 Å². The summed E-state index contributed by atoms with van der Waals surface area (Å²) in [6.07, 6.45) is 7.63. The number of hydrogen-bond donors (Lipinski definition) is 1. The van der Waals surface area contributed by atoms with Gasteiger partial charge in [-0.1, -0.05) is 6.07 Å². The first-order chi connectivity index (χ1) is 7.45. The van der Waals surface area contributed by atoms with E-state index in [1.165, 1.54) is 37.2 Å². The van der Waals surface area contributed by atoms with E-state index in [0.29, 0.717) is 0 Å². The van der Waals surface area contributed by atoms with E-state index in [1.807, 2.05) is 18.5 Å². The molecular weight excluding hydrogens is 204 g/mol. The molecule has 1 aromatic heterocycles. The number of aromatic nitrogens is 1. The van der Waals surface area contributed by atoms with Crippen molar-refractivity contribution in [1.29, 1.82) is 0 Å². The lowest BCUT2D eigenvalue weighted by atomic mass is 10.2. The zero-order valence-electron chi connectivity index (χ0n) is 8.98. The van der Waals surface area contributed by atoms with Gasteiger partial charge in [-0.3, -0.25) is 4.98 Å². The van der Waals surface area contributed by atoms with Gasteiger partial charge in [-0.2, -0.15) is 11.8 Å². The predicted molar refractivity (Wildman–Crippen MR) is 66.3 cm³/mol. The lowest BCUT2D eigenvalue weighted by Gasteiger charge is -2.21. The summed E-state index contributed by atoms with van der Waals surface area (Å²) in [4.78, 5) is 4.13. The fraction of sp³-hybridized carbons (Fsp3) is 0.583. The molecule has 2 rings (SSSR count). The van der Waals surface area contributed by atoms with Gasteiger partial charge >= 0.3 is 0 Å². The molecule has 1 aromatic rings. The molecule has 0 saturated carbocycles. The average Bonchev–Trinajstić information content (AvgIpc) is 2.32. The van der Waals surface area contributed by atoms with Crippen LogP contribution >= 0.6 is 11.8 Å². The highest BCUT2D eigenvalue weighted by Crippen LogP contribution is 2.20. The Labute approximate surface area is 95.9 Å². The zero-order valence-corrected chi connectivity index (χ0v) is 9.80. The highest BCUT2D eigenvalue weighted by Gasteiger charge is 2.12. The Hall–Kier alpha value is -0.540. The normalized spacial score (nSPS) is 17.9. The summed E-state index contributed by atoms with van der Waals surface area (Å²) in [6.45, 7) is 2.40. The summed E-state index contributed by atoms with van der Waals surface area (Å²) in [5.41, 5.74) is 1.36. The summed E-state index contributed by atoms with van der Waals surface area (Å²) < 4.78 is 0. The molecule has 2 heterocycles. The molecule has 0 amide bonds. The minimum atomic E-state index is 0.878. The minimum absolute atomic E-state index is 0.878. The molecule has 1 N–H and O–H groups in total. The van der Waals surface area contributed by atoms with Crippen LogP contribution in [0.25, 0.3) is 0 Å². The van der Waals surface area contributed by atoms with Gasteiger partial charge in [-0.05, 0) is 49.7 Å². The predicted octanol–water partition coefficient (Wildman–Crippen LogP) is 2.11. The van der Waals surface area contributed by atoms with Gasteiger partial charge < -0.3 is 5.32 Å². The fourth-order valence-corrected chi connectivity index (χ4v) is 3.11. The second-order valence-corrected chi connectivity index (χ2v) is 5.34. The Morgan fingerprint density at radius 3 is 3.00 bits per heavy atom. The van der Waals surface area contributed by atoms with E-state index in [-0.39, 0.29) is 0 Å². The van der Waals surface area contributed by atoms with Crippen molar-refractivity contribution in [1.82, 2.24) is 10.3 Å². The molecule has 0 aromatic carbocycles. The lowest BCUT2D eigenvalue weighted by molar-refractivity contribution is 0.531. The Morgan fingerprint density at radius 1 is 1.40 bits per heavy atom. The van der Waals surface area contributed by atoms with Gasteiger partial charge in [0.15, 0.2) is 0 Å². The van der Waals surface area contributed by atoms with Crippen LogP contribution in [-0.4, -0.2) is 29.1 Å². The number of aryl methyl sites for hydroxylation is 1. The van der Waals surface area contributed by atoms with Crippen molar-refractivity contribution >= 4 is 11.8 Å². The molecule has 1 saturated heterocycles. The third kappa shape index (κ3) is 3.84. The van der Waals surface area contributed by atoms with Gasteiger partial charge in [-0.25, -0.2) is 0 Å². The molecule has 0 bridgehead atoms. The molecule has 2 nitrogen and oxygen atoms in total. The van der Waals surface area contributed by atoms with Crippen LogP contribution in [-0.2, 0) is 6.42 Å². The number of pyridine rings is 1. The lowest BCUT2D eigenvalue weighted by Crippen LogP contribution is -2.29. The van der Waals surface area contributed by atoms with Crippen LogP contribution in [0.2, 0.25) is 0 Å². The Balaban J connectivity index is 1.66. The first kappa shape index (κ1) is 11.0. The number of nitrogens with one attached hydrogen (secondary N) is 1. The third-order valence-electron chi connectivity index (χ3n) is 2.75. The van der Waals surface area contributed by atoms with Crippen LogP contribution in [0.5, 0.6) is 0 Å². The number of piperidine rings is 1. The van der Waals surface area contributed by atoms with Crippen LogP contribution in [0.3, 0.4) is 0 Å².